The smallest absolute Gasteiger partial charge is 0.335 e. The molecule has 0 radical (unpaired) electrons. The van der Waals surface area contributed by atoms with E-state index in [-0.39, 0.29) is 32.7 Å². The zero-order valence-corrected chi connectivity index (χ0v) is 13.3. The van der Waals surface area contributed by atoms with Crippen molar-refractivity contribution in [3.63, 3.8) is 0 Å². The van der Waals surface area contributed by atoms with Crippen LogP contribution in [-0.2, 0) is 6.54 Å². The summed E-state index contributed by atoms with van der Waals surface area (Å²) < 4.78 is 0. The lowest BCUT2D eigenvalue weighted by Crippen LogP contribution is -2.23. The van der Waals surface area contributed by atoms with Gasteiger partial charge < -0.3 is 10.4 Å². The second-order valence-corrected chi connectivity index (χ2v) is 5.60. The first-order chi connectivity index (χ1) is 10.4. The predicted octanol–water partition coefficient (Wildman–Crippen LogP) is 4.28. The van der Waals surface area contributed by atoms with Crippen LogP contribution in [0.25, 0.3) is 0 Å². The average molecular weight is 359 g/mol. The van der Waals surface area contributed by atoms with Crippen LogP contribution in [0.5, 0.6) is 0 Å². The van der Waals surface area contributed by atoms with Gasteiger partial charge >= 0.3 is 5.97 Å². The Labute approximate surface area is 141 Å². The highest BCUT2D eigenvalue weighted by atomic mass is 35.5. The molecule has 0 saturated carbocycles. The third-order valence-electron chi connectivity index (χ3n) is 2.90. The van der Waals surface area contributed by atoms with Crippen LogP contribution >= 0.6 is 34.8 Å². The van der Waals surface area contributed by atoms with Crippen molar-refractivity contribution in [1.29, 1.82) is 0 Å². The fraction of sp³-hybridized carbons (Fsp3) is 0.0667. The largest absolute Gasteiger partial charge is 0.478 e. The summed E-state index contributed by atoms with van der Waals surface area (Å²) in [7, 11) is 0. The van der Waals surface area contributed by atoms with Crippen molar-refractivity contribution in [3.8, 4) is 0 Å². The highest BCUT2D eigenvalue weighted by Gasteiger charge is 2.17. The zero-order chi connectivity index (χ0) is 16.3. The lowest BCUT2D eigenvalue weighted by molar-refractivity contribution is 0.0696. The number of hydrogen-bond acceptors (Lipinski definition) is 2. The Kier molecular flexibility index (Phi) is 5.29. The number of hydrogen-bond donors (Lipinski definition) is 2. The van der Waals surface area contributed by atoms with Crippen molar-refractivity contribution in [3.05, 3.63) is 68.2 Å². The first-order valence-corrected chi connectivity index (χ1v) is 7.27. The minimum absolute atomic E-state index is 0.0750. The van der Waals surface area contributed by atoms with Gasteiger partial charge in [0.05, 0.1) is 26.2 Å². The van der Waals surface area contributed by atoms with E-state index in [0.717, 1.165) is 0 Å². The molecule has 2 rings (SSSR count). The molecule has 0 aliphatic rings. The molecule has 0 aliphatic heterocycles. The van der Waals surface area contributed by atoms with E-state index in [2.05, 4.69) is 5.32 Å². The van der Waals surface area contributed by atoms with E-state index in [1.807, 2.05) is 0 Å². The number of carboxylic acids is 1. The molecule has 2 N–H and O–H groups in total. The van der Waals surface area contributed by atoms with Crippen LogP contribution in [0, 0.1) is 0 Å². The van der Waals surface area contributed by atoms with E-state index >= 15 is 0 Å². The maximum absolute atomic E-state index is 12.2. The number of carbonyl (C=O) groups excluding carboxylic acids is 1. The monoisotopic (exact) mass is 357 g/mol. The molecule has 2 aromatic rings. The number of carboxylic acid groups (broad SMARTS) is 1. The molecule has 0 heterocycles. The zero-order valence-electron chi connectivity index (χ0n) is 11.1. The molecule has 0 fully saturated rings. The van der Waals surface area contributed by atoms with Gasteiger partial charge in [-0.05, 0) is 29.8 Å². The fourth-order valence-electron chi connectivity index (χ4n) is 1.82. The van der Waals surface area contributed by atoms with Crippen LogP contribution in [0.3, 0.4) is 0 Å². The van der Waals surface area contributed by atoms with Crippen LogP contribution in [0.1, 0.15) is 26.3 Å². The maximum atomic E-state index is 12.2. The van der Waals surface area contributed by atoms with Gasteiger partial charge in [-0.2, -0.15) is 0 Å². The van der Waals surface area contributed by atoms with Crippen LogP contribution in [-0.4, -0.2) is 17.0 Å². The van der Waals surface area contributed by atoms with E-state index in [0.29, 0.717) is 5.56 Å². The summed E-state index contributed by atoms with van der Waals surface area (Å²) in [6, 6.07) is 9.23. The third-order valence-corrected chi connectivity index (χ3v) is 4.02. The maximum Gasteiger partial charge on any atom is 0.335 e. The molecule has 0 atom stereocenters. The van der Waals surface area contributed by atoms with Crippen LogP contribution < -0.4 is 5.32 Å². The summed E-state index contributed by atoms with van der Waals surface area (Å²) in [5.41, 5.74) is 0.873. The summed E-state index contributed by atoms with van der Waals surface area (Å²) in [6.45, 7) is 0.138. The van der Waals surface area contributed by atoms with Gasteiger partial charge in [0.2, 0.25) is 0 Å². The van der Waals surface area contributed by atoms with E-state index in [4.69, 9.17) is 39.9 Å². The van der Waals surface area contributed by atoms with E-state index < -0.39 is 11.9 Å². The molecule has 4 nitrogen and oxygen atoms in total. The fourth-order valence-corrected chi connectivity index (χ4v) is 2.52. The summed E-state index contributed by atoms with van der Waals surface area (Å²) in [6.07, 6.45) is 0. The second kappa shape index (κ2) is 7.01. The minimum Gasteiger partial charge on any atom is -0.478 e. The average Bonchev–Trinajstić information content (AvgIpc) is 2.49. The number of benzene rings is 2. The molecule has 0 spiro atoms. The van der Waals surface area contributed by atoms with Gasteiger partial charge in [0, 0.05) is 6.54 Å². The summed E-state index contributed by atoms with van der Waals surface area (Å²) >= 11 is 17.8. The highest BCUT2D eigenvalue weighted by Crippen LogP contribution is 2.31. The van der Waals surface area contributed by atoms with Gasteiger partial charge in [-0.1, -0.05) is 46.9 Å². The molecule has 7 heteroatoms. The van der Waals surface area contributed by atoms with Crippen molar-refractivity contribution in [2.24, 2.45) is 0 Å². The normalized spacial score (nSPS) is 10.3. The number of rotatable bonds is 4. The van der Waals surface area contributed by atoms with Crippen molar-refractivity contribution in [1.82, 2.24) is 5.32 Å². The first kappa shape index (κ1) is 16.6. The van der Waals surface area contributed by atoms with Gasteiger partial charge in [0.15, 0.2) is 0 Å². The van der Waals surface area contributed by atoms with Crippen molar-refractivity contribution in [2.45, 2.75) is 6.54 Å². The highest BCUT2D eigenvalue weighted by molar-refractivity contribution is 6.46. The van der Waals surface area contributed by atoms with Crippen LogP contribution in [0.15, 0.2) is 36.4 Å². The Hall–Kier alpha value is -1.75. The summed E-state index contributed by atoms with van der Waals surface area (Å²) in [5.74, 6) is -1.52. The van der Waals surface area contributed by atoms with Crippen LogP contribution in [0.2, 0.25) is 15.1 Å². The number of carbonyl (C=O) groups is 2. The molecule has 114 valence electrons. The number of aromatic carboxylic acids is 1. The molecule has 0 unspecified atom stereocenters. The van der Waals surface area contributed by atoms with Gasteiger partial charge in [-0.15, -0.1) is 0 Å². The molecule has 2 aromatic carbocycles. The lowest BCUT2D eigenvalue weighted by Gasteiger charge is -2.10. The van der Waals surface area contributed by atoms with Crippen LogP contribution in [0.4, 0.5) is 0 Å². The molecule has 0 aromatic heterocycles. The first-order valence-electron chi connectivity index (χ1n) is 6.14. The van der Waals surface area contributed by atoms with Crippen molar-refractivity contribution < 1.29 is 14.7 Å². The lowest BCUT2D eigenvalue weighted by atomic mass is 10.1. The predicted molar refractivity (Wildman–Crippen MR) is 86.0 cm³/mol. The van der Waals surface area contributed by atoms with Crippen molar-refractivity contribution >= 4 is 46.7 Å². The van der Waals surface area contributed by atoms with Gasteiger partial charge in [-0.3, -0.25) is 4.79 Å². The Balaban J connectivity index is 2.16. The second-order valence-electron chi connectivity index (χ2n) is 4.41. The SMILES string of the molecule is O=C(O)c1cccc(CNC(=O)c2c(Cl)ccc(Cl)c2Cl)c1. The quantitative estimate of drug-likeness (QED) is 0.802. The number of nitrogens with one attached hydrogen (secondary N) is 1. The molecule has 0 aliphatic carbocycles. The van der Waals surface area contributed by atoms with Gasteiger partial charge in [0.1, 0.15) is 0 Å². The Bertz CT molecular complexity index is 747. The van der Waals surface area contributed by atoms with E-state index in [1.165, 1.54) is 24.3 Å². The third kappa shape index (κ3) is 3.71. The molecular formula is C15H10Cl3NO3. The topological polar surface area (TPSA) is 66.4 Å². The van der Waals surface area contributed by atoms with E-state index in [1.54, 1.807) is 12.1 Å². The van der Waals surface area contributed by atoms with Gasteiger partial charge in [-0.25, -0.2) is 4.79 Å². The molecule has 0 saturated heterocycles. The minimum atomic E-state index is -1.03. The Morgan fingerprint density at radius 1 is 1.05 bits per heavy atom. The molecule has 0 bridgehead atoms. The number of amides is 1. The molecule has 1 amide bonds. The Morgan fingerprint density at radius 3 is 2.41 bits per heavy atom. The summed E-state index contributed by atoms with van der Waals surface area (Å²) in [5, 5.41) is 12.0. The summed E-state index contributed by atoms with van der Waals surface area (Å²) in [4.78, 5) is 23.1. The Morgan fingerprint density at radius 2 is 1.73 bits per heavy atom. The van der Waals surface area contributed by atoms with E-state index in [9.17, 15) is 9.59 Å². The molecule has 22 heavy (non-hydrogen) atoms. The standard InChI is InChI=1S/C15H10Cl3NO3/c16-10-4-5-11(17)13(18)12(10)14(20)19-7-8-2-1-3-9(6-8)15(21)22/h1-6H,7H2,(H,19,20)(H,21,22). The number of halogens is 3. The van der Waals surface area contributed by atoms with Crippen molar-refractivity contribution in [2.75, 3.05) is 0 Å². The molecular weight excluding hydrogens is 349 g/mol. The van der Waals surface area contributed by atoms with Gasteiger partial charge in [0.25, 0.3) is 5.91 Å².